The van der Waals surface area contributed by atoms with E-state index in [1.54, 1.807) is 11.8 Å². The van der Waals surface area contributed by atoms with Crippen LogP contribution in [-0.4, -0.2) is 71.6 Å². The number of carbonyl (C=O) groups excluding carboxylic acids is 2. The van der Waals surface area contributed by atoms with E-state index in [-0.39, 0.29) is 17.2 Å². The minimum Gasteiger partial charge on any atom is -0.354 e. The van der Waals surface area contributed by atoms with Crippen molar-refractivity contribution in [2.75, 3.05) is 39.3 Å². The number of piperazine rings is 1. The Morgan fingerprint density at radius 2 is 1.46 bits per heavy atom. The molecule has 0 radical (unpaired) electrons. The van der Waals surface area contributed by atoms with Crippen molar-refractivity contribution in [3.63, 3.8) is 0 Å². The van der Waals surface area contributed by atoms with E-state index in [4.69, 9.17) is 4.99 Å². The molecule has 0 spiro atoms. The molecule has 0 saturated carbocycles. The van der Waals surface area contributed by atoms with Gasteiger partial charge < -0.3 is 4.90 Å². The van der Waals surface area contributed by atoms with Gasteiger partial charge in [-0.1, -0.05) is 55.9 Å². The van der Waals surface area contributed by atoms with E-state index in [9.17, 15) is 9.59 Å². The summed E-state index contributed by atoms with van der Waals surface area (Å²) in [6.45, 7) is 9.41. The van der Waals surface area contributed by atoms with Gasteiger partial charge in [0.25, 0.3) is 0 Å². The number of para-hydroxylation sites is 1. The number of carbonyl (C=O) groups is 2. The number of likely N-dealkylation sites (tertiary alicyclic amines) is 1. The Morgan fingerprint density at radius 3 is 2.20 bits per heavy atom. The van der Waals surface area contributed by atoms with Crippen molar-refractivity contribution >= 4 is 35.1 Å². The van der Waals surface area contributed by atoms with Gasteiger partial charge in [-0.25, -0.2) is 4.99 Å². The van der Waals surface area contributed by atoms with Crippen LogP contribution in [0.1, 0.15) is 45.1 Å². The van der Waals surface area contributed by atoms with Gasteiger partial charge in [-0.2, -0.15) is 0 Å². The zero-order chi connectivity index (χ0) is 24.4. The number of nitrogens with zero attached hydrogens (tertiary/aromatic N) is 4. The largest absolute Gasteiger partial charge is 0.354 e. The molecule has 2 fully saturated rings. The highest BCUT2D eigenvalue weighted by molar-refractivity contribution is 7.99. The maximum Gasteiger partial charge on any atom is 0.229 e. The first-order chi connectivity index (χ1) is 16.9. The molecule has 184 valence electrons. The lowest BCUT2D eigenvalue weighted by Crippen LogP contribution is -2.49. The number of rotatable bonds is 5. The summed E-state index contributed by atoms with van der Waals surface area (Å²) in [5.41, 5.74) is 2.05. The van der Waals surface area contributed by atoms with Gasteiger partial charge in [-0.05, 0) is 43.0 Å². The number of aliphatic imine (C=N–C) groups is 1. The normalized spacial score (nSPS) is 20.2. The molecule has 2 saturated heterocycles. The Hall–Kier alpha value is -2.64. The lowest BCUT2D eigenvalue weighted by molar-refractivity contribution is -0.152. The van der Waals surface area contributed by atoms with Crippen molar-refractivity contribution in [3.05, 3.63) is 54.1 Å². The molecule has 35 heavy (non-hydrogen) atoms. The van der Waals surface area contributed by atoms with Gasteiger partial charge in [0.05, 0.1) is 5.69 Å². The van der Waals surface area contributed by atoms with E-state index in [2.05, 4.69) is 58.3 Å². The van der Waals surface area contributed by atoms with Gasteiger partial charge in [-0.15, -0.1) is 0 Å². The average Bonchev–Trinajstić information content (AvgIpc) is 2.99. The first kappa shape index (κ1) is 24.1. The van der Waals surface area contributed by atoms with Crippen molar-refractivity contribution in [3.8, 4) is 0 Å². The van der Waals surface area contributed by atoms with E-state index in [1.807, 2.05) is 13.8 Å². The van der Waals surface area contributed by atoms with Crippen molar-refractivity contribution in [2.24, 2.45) is 10.4 Å². The van der Waals surface area contributed by atoms with Crippen LogP contribution in [0.25, 0.3) is 0 Å². The summed E-state index contributed by atoms with van der Waals surface area (Å²) in [6.07, 6.45) is 2.80. The second-order valence-electron chi connectivity index (χ2n) is 10.5. The molecule has 0 N–H and O–H groups in total. The highest BCUT2D eigenvalue weighted by Gasteiger charge is 2.37. The van der Waals surface area contributed by atoms with Crippen LogP contribution in [0.2, 0.25) is 0 Å². The summed E-state index contributed by atoms with van der Waals surface area (Å²) in [4.78, 5) is 38.7. The molecule has 2 aromatic carbocycles. The molecule has 6 nitrogen and oxygen atoms in total. The van der Waals surface area contributed by atoms with Crippen molar-refractivity contribution in [1.82, 2.24) is 14.7 Å². The standard InChI is InChI=1S/C28H34N4O2S/c1-28(2)19-25(33)32(26(34)20-28)14-8-7-13-30-15-17-31(18-16-30)27-21-9-3-5-11-23(21)35-24-12-6-4-10-22(24)29-27/h3-6,9-12H,7-8,13-20H2,1-2H3. The predicted octanol–water partition coefficient (Wildman–Crippen LogP) is 4.80. The molecule has 0 bridgehead atoms. The van der Waals surface area contributed by atoms with Crippen LogP contribution in [0.4, 0.5) is 5.69 Å². The van der Waals surface area contributed by atoms with E-state index in [0.717, 1.165) is 57.1 Å². The van der Waals surface area contributed by atoms with Crippen LogP contribution in [0.15, 0.2) is 63.3 Å². The number of fused-ring (bicyclic) bond motifs is 2. The Bertz CT molecular complexity index is 1120. The molecule has 0 atom stereocenters. The van der Waals surface area contributed by atoms with Crippen LogP contribution in [-0.2, 0) is 9.59 Å². The third-order valence-corrected chi connectivity index (χ3v) is 8.22. The molecule has 3 heterocycles. The van der Waals surface area contributed by atoms with Crippen LogP contribution in [0.5, 0.6) is 0 Å². The number of hydrogen-bond donors (Lipinski definition) is 0. The quantitative estimate of drug-likeness (QED) is 0.445. The summed E-state index contributed by atoms with van der Waals surface area (Å²) in [7, 11) is 0. The Balaban J connectivity index is 1.15. The van der Waals surface area contributed by atoms with E-state index < -0.39 is 0 Å². The lowest BCUT2D eigenvalue weighted by atomic mass is 9.82. The van der Waals surface area contributed by atoms with Crippen molar-refractivity contribution in [1.29, 1.82) is 0 Å². The summed E-state index contributed by atoms with van der Waals surface area (Å²) in [6, 6.07) is 16.9. The summed E-state index contributed by atoms with van der Waals surface area (Å²) in [5, 5.41) is 0. The van der Waals surface area contributed by atoms with Gasteiger partial charge in [0.1, 0.15) is 5.84 Å². The number of amidine groups is 1. The second kappa shape index (κ2) is 10.2. The topological polar surface area (TPSA) is 56.2 Å². The predicted molar refractivity (Wildman–Crippen MR) is 140 cm³/mol. The minimum atomic E-state index is -0.201. The molecule has 2 amide bonds. The number of unbranched alkanes of at least 4 members (excludes halogenated alkanes) is 1. The number of piperidine rings is 1. The van der Waals surface area contributed by atoms with Gasteiger partial charge in [0.2, 0.25) is 11.8 Å². The fraction of sp³-hybridized carbons (Fsp3) is 0.464. The average molecular weight is 491 g/mol. The smallest absolute Gasteiger partial charge is 0.229 e. The lowest BCUT2D eigenvalue weighted by Gasteiger charge is -2.37. The maximum atomic E-state index is 12.4. The number of hydrogen-bond acceptors (Lipinski definition) is 6. The number of benzene rings is 2. The highest BCUT2D eigenvalue weighted by atomic mass is 32.2. The fourth-order valence-electron chi connectivity index (χ4n) is 5.16. The monoisotopic (exact) mass is 490 g/mol. The Kier molecular flexibility index (Phi) is 6.98. The maximum absolute atomic E-state index is 12.4. The first-order valence-electron chi connectivity index (χ1n) is 12.7. The fourth-order valence-corrected chi connectivity index (χ4v) is 6.18. The molecule has 3 aliphatic rings. The third-order valence-electron chi connectivity index (χ3n) is 7.08. The Labute approximate surface area is 212 Å². The van der Waals surface area contributed by atoms with E-state index in [0.29, 0.717) is 19.4 Å². The van der Waals surface area contributed by atoms with E-state index >= 15 is 0 Å². The molecular formula is C28H34N4O2S. The summed E-state index contributed by atoms with van der Waals surface area (Å²) < 4.78 is 0. The van der Waals surface area contributed by atoms with Gasteiger partial charge in [-0.3, -0.25) is 19.4 Å². The zero-order valence-corrected chi connectivity index (χ0v) is 21.5. The molecule has 7 heteroatoms. The minimum absolute atomic E-state index is 0.0101. The third kappa shape index (κ3) is 5.46. The molecule has 3 aliphatic heterocycles. The van der Waals surface area contributed by atoms with Gasteiger partial charge >= 0.3 is 0 Å². The number of amides is 2. The second-order valence-corrected chi connectivity index (χ2v) is 11.6. The molecule has 2 aromatic rings. The van der Waals surface area contributed by atoms with Gasteiger partial charge in [0, 0.05) is 60.9 Å². The first-order valence-corrected chi connectivity index (χ1v) is 13.5. The van der Waals surface area contributed by atoms with Crippen molar-refractivity contribution < 1.29 is 9.59 Å². The molecular weight excluding hydrogens is 456 g/mol. The highest BCUT2D eigenvalue weighted by Crippen LogP contribution is 2.40. The van der Waals surface area contributed by atoms with Gasteiger partial charge in [0.15, 0.2) is 0 Å². The summed E-state index contributed by atoms with van der Waals surface area (Å²) in [5.74, 6) is 1.05. The molecule has 0 aliphatic carbocycles. The van der Waals surface area contributed by atoms with Crippen LogP contribution < -0.4 is 0 Å². The molecule has 0 aromatic heterocycles. The van der Waals surface area contributed by atoms with E-state index in [1.165, 1.54) is 20.3 Å². The van der Waals surface area contributed by atoms with Crippen LogP contribution >= 0.6 is 11.8 Å². The SMILES string of the molecule is CC1(C)CC(=O)N(CCCCN2CCN(C3=Nc4ccccc4Sc4ccccc43)CC2)C(=O)C1. The molecule has 5 rings (SSSR count). The summed E-state index contributed by atoms with van der Waals surface area (Å²) >= 11 is 1.79. The van der Waals surface area contributed by atoms with Crippen molar-refractivity contribution in [2.45, 2.75) is 49.3 Å². The van der Waals surface area contributed by atoms with Crippen LogP contribution in [0, 0.1) is 5.41 Å². The van der Waals surface area contributed by atoms with Crippen LogP contribution in [0.3, 0.4) is 0 Å². The Morgan fingerprint density at radius 1 is 0.829 bits per heavy atom. The number of imide groups is 1. The molecule has 0 unspecified atom stereocenters. The zero-order valence-electron chi connectivity index (χ0n) is 20.7.